The van der Waals surface area contributed by atoms with Crippen LogP contribution >= 0.6 is 0 Å². The van der Waals surface area contributed by atoms with Crippen molar-refractivity contribution in [2.24, 2.45) is 0 Å². The molecular formula is C25H26N4O4. The summed E-state index contributed by atoms with van der Waals surface area (Å²) in [5, 5.41) is 7.26. The van der Waals surface area contributed by atoms with E-state index in [1.54, 1.807) is 37.3 Å². The lowest BCUT2D eigenvalue weighted by Crippen LogP contribution is -2.46. The van der Waals surface area contributed by atoms with E-state index in [9.17, 15) is 4.79 Å². The van der Waals surface area contributed by atoms with Gasteiger partial charge in [-0.05, 0) is 37.6 Å². The molecule has 33 heavy (non-hydrogen) atoms. The second-order valence-corrected chi connectivity index (χ2v) is 7.68. The fraction of sp³-hybridized carbons (Fsp3) is 0.240. The summed E-state index contributed by atoms with van der Waals surface area (Å²) in [5.74, 6) is 1.91. The Labute approximate surface area is 192 Å². The van der Waals surface area contributed by atoms with Crippen LogP contribution in [0.5, 0.6) is 11.5 Å². The van der Waals surface area contributed by atoms with E-state index in [-0.39, 0.29) is 6.03 Å². The molecule has 1 unspecified atom stereocenters. The van der Waals surface area contributed by atoms with Gasteiger partial charge in [-0.15, -0.1) is 6.58 Å². The van der Waals surface area contributed by atoms with Crippen LogP contribution in [-0.2, 0) is 0 Å². The molecule has 0 bridgehead atoms. The number of aryl methyl sites for hydroxylation is 1. The number of rotatable bonds is 7. The summed E-state index contributed by atoms with van der Waals surface area (Å²) in [4.78, 5) is 19.1. The number of amides is 2. The first-order chi connectivity index (χ1) is 16.0. The highest BCUT2D eigenvalue weighted by Gasteiger charge is 2.35. The first-order valence-corrected chi connectivity index (χ1v) is 10.5. The van der Waals surface area contributed by atoms with Gasteiger partial charge in [0.2, 0.25) is 5.82 Å². The average Bonchev–Trinajstić information content (AvgIpc) is 3.31. The monoisotopic (exact) mass is 446 g/mol. The Morgan fingerprint density at radius 1 is 1.12 bits per heavy atom. The molecule has 0 saturated carbocycles. The highest BCUT2D eigenvalue weighted by atomic mass is 16.5. The Balaban J connectivity index is 1.80. The zero-order chi connectivity index (χ0) is 23.5. The van der Waals surface area contributed by atoms with E-state index >= 15 is 0 Å². The number of nitrogens with one attached hydrogen (secondary N) is 1. The topological polar surface area (TPSA) is 89.7 Å². The minimum absolute atomic E-state index is 0.207. The predicted octanol–water partition coefficient (Wildman–Crippen LogP) is 4.75. The molecule has 8 heteroatoms. The van der Waals surface area contributed by atoms with Crippen molar-refractivity contribution in [1.29, 1.82) is 0 Å². The number of carbonyl (C=O) groups is 1. The number of hydrogen-bond donors (Lipinski definition) is 1. The molecule has 0 radical (unpaired) electrons. The number of hydrogen-bond acceptors (Lipinski definition) is 6. The van der Waals surface area contributed by atoms with Crippen molar-refractivity contribution in [3.8, 4) is 22.9 Å². The van der Waals surface area contributed by atoms with Crippen LogP contribution in [0.2, 0.25) is 0 Å². The van der Waals surface area contributed by atoms with E-state index in [0.29, 0.717) is 29.8 Å². The summed E-state index contributed by atoms with van der Waals surface area (Å²) in [7, 11) is 3.15. The number of benzene rings is 2. The van der Waals surface area contributed by atoms with E-state index < -0.39 is 6.04 Å². The van der Waals surface area contributed by atoms with Crippen molar-refractivity contribution in [3.05, 3.63) is 77.8 Å². The van der Waals surface area contributed by atoms with Crippen LogP contribution < -0.4 is 14.8 Å². The van der Waals surface area contributed by atoms with Crippen molar-refractivity contribution in [2.45, 2.75) is 19.9 Å². The molecule has 2 aromatic carbocycles. The second-order valence-electron chi connectivity index (χ2n) is 7.68. The lowest BCUT2D eigenvalue weighted by Gasteiger charge is -2.34. The lowest BCUT2D eigenvalue weighted by molar-refractivity contribution is 0.209. The van der Waals surface area contributed by atoms with E-state index in [0.717, 1.165) is 28.0 Å². The quantitative estimate of drug-likeness (QED) is 0.527. The third-order valence-corrected chi connectivity index (χ3v) is 5.62. The van der Waals surface area contributed by atoms with Gasteiger partial charge in [0, 0.05) is 17.8 Å². The molecule has 0 fully saturated rings. The third kappa shape index (κ3) is 4.19. The number of ether oxygens (including phenoxy) is 2. The van der Waals surface area contributed by atoms with E-state index in [1.807, 2.05) is 44.2 Å². The maximum absolute atomic E-state index is 12.8. The summed E-state index contributed by atoms with van der Waals surface area (Å²) in [6.07, 6.45) is 1.68. The average molecular weight is 447 g/mol. The lowest BCUT2D eigenvalue weighted by atomic mass is 9.94. The van der Waals surface area contributed by atoms with Gasteiger partial charge in [0.1, 0.15) is 0 Å². The number of carbonyl (C=O) groups excluding carboxylic acids is 1. The van der Waals surface area contributed by atoms with Crippen molar-refractivity contribution >= 4 is 11.6 Å². The Bertz CT molecular complexity index is 1210. The van der Waals surface area contributed by atoms with Crippen LogP contribution in [-0.4, -0.2) is 41.8 Å². The summed E-state index contributed by atoms with van der Waals surface area (Å²) in [6.45, 7) is 8.02. The fourth-order valence-electron chi connectivity index (χ4n) is 3.84. The summed E-state index contributed by atoms with van der Waals surface area (Å²) < 4.78 is 16.4. The van der Waals surface area contributed by atoms with Gasteiger partial charge in [-0.2, -0.15) is 4.98 Å². The van der Waals surface area contributed by atoms with Gasteiger partial charge in [-0.3, -0.25) is 4.90 Å². The van der Waals surface area contributed by atoms with Crippen LogP contribution in [0.3, 0.4) is 0 Å². The zero-order valence-corrected chi connectivity index (χ0v) is 19.1. The maximum Gasteiger partial charge on any atom is 0.322 e. The molecule has 3 aromatic rings. The first-order valence-electron chi connectivity index (χ1n) is 10.5. The van der Waals surface area contributed by atoms with Gasteiger partial charge >= 0.3 is 6.03 Å². The molecule has 2 heterocycles. The molecular weight excluding hydrogens is 420 g/mol. The molecule has 1 aromatic heterocycles. The molecule has 1 aliphatic heterocycles. The zero-order valence-electron chi connectivity index (χ0n) is 19.1. The normalized spacial score (nSPS) is 15.9. The van der Waals surface area contributed by atoms with Crippen molar-refractivity contribution in [2.75, 3.05) is 20.8 Å². The maximum atomic E-state index is 12.8. The van der Waals surface area contributed by atoms with Gasteiger partial charge in [0.25, 0.3) is 5.89 Å². The minimum atomic E-state index is -0.433. The Morgan fingerprint density at radius 2 is 1.85 bits per heavy atom. The standard InChI is InChI=1S/C25H26N4O4/c1-6-13-29-16(3)21(22(26-25(29)30)17-9-7-15(2)8-10-17)24-27-23(28-33-24)18-11-12-19(31-4)20(14-18)32-5/h6-12,14,22H,1,13H2,2-5H3,(H,26,30). The summed E-state index contributed by atoms with van der Waals surface area (Å²) in [6, 6.07) is 12.8. The molecule has 1 atom stereocenters. The minimum Gasteiger partial charge on any atom is -0.493 e. The number of allylic oxidation sites excluding steroid dienone is 1. The van der Waals surface area contributed by atoms with E-state index in [2.05, 4.69) is 22.0 Å². The van der Waals surface area contributed by atoms with Crippen LogP contribution in [0.1, 0.15) is 30.0 Å². The third-order valence-electron chi connectivity index (χ3n) is 5.62. The van der Waals surface area contributed by atoms with Gasteiger partial charge < -0.3 is 19.3 Å². The molecule has 8 nitrogen and oxygen atoms in total. The molecule has 2 amide bonds. The molecule has 0 spiro atoms. The van der Waals surface area contributed by atoms with Crippen LogP contribution in [0.15, 0.2) is 65.3 Å². The first kappa shape index (κ1) is 22.1. The van der Waals surface area contributed by atoms with Gasteiger partial charge in [-0.25, -0.2) is 4.79 Å². The Morgan fingerprint density at radius 3 is 2.52 bits per heavy atom. The van der Waals surface area contributed by atoms with Gasteiger partial charge in [0.15, 0.2) is 11.5 Å². The van der Waals surface area contributed by atoms with Crippen molar-refractivity contribution < 1.29 is 18.8 Å². The highest BCUT2D eigenvalue weighted by Crippen LogP contribution is 2.38. The predicted molar refractivity (Wildman–Crippen MR) is 125 cm³/mol. The van der Waals surface area contributed by atoms with Crippen LogP contribution in [0.4, 0.5) is 4.79 Å². The molecule has 1 aliphatic rings. The molecule has 0 aliphatic carbocycles. The number of methoxy groups -OCH3 is 2. The SMILES string of the molecule is C=CCN1C(=O)NC(c2ccc(C)cc2)C(c2nc(-c3ccc(OC)c(OC)c3)no2)=C1C. The summed E-state index contributed by atoms with van der Waals surface area (Å²) >= 11 is 0. The number of nitrogens with zero attached hydrogens (tertiary/aromatic N) is 3. The molecule has 170 valence electrons. The van der Waals surface area contributed by atoms with Crippen molar-refractivity contribution in [3.63, 3.8) is 0 Å². The number of urea groups is 1. The van der Waals surface area contributed by atoms with Crippen LogP contribution in [0, 0.1) is 6.92 Å². The fourth-order valence-corrected chi connectivity index (χ4v) is 3.84. The molecule has 1 N–H and O–H groups in total. The van der Waals surface area contributed by atoms with E-state index in [1.165, 1.54) is 0 Å². The number of aromatic nitrogens is 2. The van der Waals surface area contributed by atoms with Gasteiger partial charge in [-0.1, -0.05) is 41.1 Å². The largest absolute Gasteiger partial charge is 0.493 e. The van der Waals surface area contributed by atoms with Gasteiger partial charge in [0.05, 0.1) is 25.8 Å². The van der Waals surface area contributed by atoms with Crippen LogP contribution in [0.25, 0.3) is 17.0 Å². The van der Waals surface area contributed by atoms with Crippen molar-refractivity contribution in [1.82, 2.24) is 20.4 Å². The molecule has 4 rings (SSSR count). The molecule has 0 saturated heterocycles. The highest BCUT2D eigenvalue weighted by molar-refractivity contribution is 5.87. The Kier molecular flexibility index (Phi) is 6.17. The smallest absolute Gasteiger partial charge is 0.322 e. The Hall–Kier alpha value is -4.07. The summed E-state index contributed by atoms with van der Waals surface area (Å²) in [5.41, 5.74) is 4.24. The second kappa shape index (κ2) is 9.20. The van der Waals surface area contributed by atoms with E-state index in [4.69, 9.17) is 14.0 Å².